The summed E-state index contributed by atoms with van der Waals surface area (Å²) in [6, 6.07) is 11.2. The molecule has 2 aromatic carbocycles. The molecule has 0 fully saturated rings. The fourth-order valence-corrected chi connectivity index (χ4v) is 4.21. The van der Waals surface area contributed by atoms with Crippen molar-refractivity contribution in [2.45, 2.75) is 18.2 Å². The van der Waals surface area contributed by atoms with Crippen molar-refractivity contribution in [3.63, 3.8) is 0 Å². The highest BCUT2D eigenvalue weighted by Crippen LogP contribution is 2.45. The summed E-state index contributed by atoms with van der Waals surface area (Å²) in [6.07, 6.45) is 4.12. The number of halogens is 1. The fraction of sp³-hybridized carbons (Fsp3) is 0.370. The maximum absolute atomic E-state index is 15.0. The average molecular weight is 503 g/mol. The summed E-state index contributed by atoms with van der Waals surface area (Å²) in [6.45, 7) is 3.31. The number of esters is 1. The SMILES string of the molecule is COC(=O)CC1=C(C)C(=Cc2ccc(SC)cc2)c2cc(F)c(OCCOCCOCCO)cc21. The van der Waals surface area contributed by atoms with E-state index in [9.17, 15) is 4.79 Å². The zero-order valence-electron chi connectivity index (χ0n) is 20.3. The molecule has 2 aromatic rings. The molecular formula is C27H31FO6S. The van der Waals surface area contributed by atoms with Gasteiger partial charge in [-0.25, -0.2) is 4.39 Å². The maximum atomic E-state index is 15.0. The number of benzene rings is 2. The van der Waals surface area contributed by atoms with E-state index < -0.39 is 5.82 Å². The van der Waals surface area contributed by atoms with Crippen LogP contribution in [0.5, 0.6) is 5.75 Å². The lowest BCUT2D eigenvalue weighted by Gasteiger charge is -2.12. The second kappa shape index (κ2) is 13.4. The van der Waals surface area contributed by atoms with Crippen LogP contribution < -0.4 is 4.74 Å². The summed E-state index contributed by atoms with van der Waals surface area (Å²) in [5, 5.41) is 8.68. The Morgan fingerprint density at radius 1 is 1.03 bits per heavy atom. The Kier molecular flexibility index (Phi) is 10.3. The van der Waals surface area contributed by atoms with Gasteiger partial charge in [0.05, 0.1) is 46.6 Å². The van der Waals surface area contributed by atoms with Crippen LogP contribution in [0, 0.1) is 5.82 Å². The summed E-state index contributed by atoms with van der Waals surface area (Å²) in [5.41, 5.74) is 5.03. The van der Waals surface area contributed by atoms with Crippen molar-refractivity contribution in [3.05, 3.63) is 64.5 Å². The van der Waals surface area contributed by atoms with Crippen molar-refractivity contribution >= 4 is 35.0 Å². The van der Waals surface area contributed by atoms with E-state index in [1.807, 2.05) is 43.5 Å². The number of methoxy groups -OCH3 is 1. The highest BCUT2D eigenvalue weighted by atomic mass is 32.2. The third-order valence-corrected chi connectivity index (χ3v) is 6.36. The van der Waals surface area contributed by atoms with E-state index in [2.05, 4.69) is 0 Å². The van der Waals surface area contributed by atoms with E-state index in [-0.39, 0.29) is 44.6 Å². The molecule has 0 amide bonds. The molecule has 188 valence electrons. The third-order valence-electron chi connectivity index (χ3n) is 5.61. The summed E-state index contributed by atoms with van der Waals surface area (Å²) in [4.78, 5) is 13.3. The van der Waals surface area contributed by atoms with Gasteiger partial charge in [-0.05, 0) is 76.9 Å². The molecule has 0 radical (unpaired) electrons. The first kappa shape index (κ1) is 26.9. The first-order chi connectivity index (χ1) is 17.0. The monoisotopic (exact) mass is 502 g/mol. The molecule has 0 aromatic heterocycles. The van der Waals surface area contributed by atoms with Crippen LogP contribution >= 0.6 is 11.8 Å². The second-order valence-electron chi connectivity index (χ2n) is 7.81. The lowest BCUT2D eigenvalue weighted by Crippen LogP contribution is -2.12. The Morgan fingerprint density at radius 2 is 1.71 bits per heavy atom. The molecule has 3 rings (SSSR count). The van der Waals surface area contributed by atoms with Gasteiger partial charge in [0.25, 0.3) is 0 Å². The van der Waals surface area contributed by atoms with Gasteiger partial charge in [0.2, 0.25) is 0 Å². The minimum atomic E-state index is -0.481. The van der Waals surface area contributed by atoms with Gasteiger partial charge in [0, 0.05) is 4.90 Å². The van der Waals surface area contributed by atoms with Crippen LogP contribution in [-0.4, -0.2) is 64.1 Å². The summed E-state index contributed by atoms with van der Waals surface area (Å²) in [5.74, 6) is -0.741. The Hall–Kier alpha value is -2.65. The minimum absolute atomic E-state index is 0.0339. The van der Waals surface area contributed by atoms with Gasteiger partial charge in [-0.3, -0.25) is 4.79 Å². The smallest absolute Gasteiger partial charge is 0.310 e. The number of rotatable bonds is 13. The molecule has 6 nitrogen and oxygen atoms in total. The van der Waals surface area contributed by atoms with E-state index in [0.717, 1.165) is 38.3 Å². The van der Waals surface area contributed by atoms with Crippen molar-refractivity contribution < 1.29 is 33.2 Å². The van der Waals surface area contributed by atoms with Gasteiger partial charge in [-0.15, -0.1) is 11.8 Å². The van der Waals surface area contributed by atoms with Crippen molar-refractivity contribution in [2.75, 3.05) is 53.0 Å². The zero-order chi connectivity index (χ0) is 25.2. The highest BCUT2D eigenvalue weighted by Gasteiger charge is 2.27. The van der Waals surface area contributed by atoms with E-state index in [1.165, 1.54) is 13.2 Å². The van der Waals surface area contributed by atoms with Crippen LogP contribution in [0.4, 0.5) is 4.39 Å². The molecule has 0 spiro atoms. The van der Waals surface area contributed by atoms with Gasteiger partial charge in [0.15, 0.2) is 11.6 Å². The van der Waals surface area contributed by atoms with E-state index in [4.69, 9.17) is 24.1 Å². The molecule has 8 heteroatoms. The van der Waals surface area contributed by atoms with Crippen molar-refractivity contribution in [1.82, 2.24) is 0 Å². The average Bonchev–Trinajstić information content (AvgIpc) is 3.10. The van der Waals surface area contributed by atoms with Crippen LogP contribution in [0.25, 0.3) is 17.2 Å². The topological polar surface area (TPSA) is 74.2 Å². The van der Waals surface area contributed by atoms with Gasteiger partial charge in [-0.1, -0.05) is 12.1 Å². The van der Waals surface area contributed by atoms with Gasteiger partial charge < -0.3 is 24.1 Å². The van der Waals surface area contributed by atoms with Gasteiger partial charge in [-0.2, -0.15) is 0 Å². The van der Waals surface area contributed by atoms with Crippen LogP contribution in [-0.2, 0) is 19.0 Å². The van der Waals surface area contributed by atoms with E-state index >= 15 is 4.39 Å². The van der Waals surface area contributed by atoms with Crippen LogP contribution in [0.1, 0.15) is 30.0 Å². The molecule has 0 aliphatic heterocycles. The number of hydrogen-bond donors (Lipinski definition) is 1. The first-order valence-corrected chi connectivity index (χ1v) is 12.6. The number of thioether (sulfide) groups is 1. The van der Waals surface area contributed by atoms with E-state index in [1.54, 1.807) is 17.8 Å². The number of ether oxygens (including phenoxy) is 4. The number of aliphatic hydroxyl groups is 1. The molecule has 1 N–H and O–H groups in total. The predicted octanol–water partition coefficient (Wildman–Crippen LogP) is 4.84. The molecule has 0 bridgehead atoms. The van der Waals surface area contributed by atoms with Gasteiger partial charge >= 0.3 is 5.97 Å². The number of allylic oxidation sites excluding steroid dienone is 2. The Labute approximate surface area is 209 Å². The predicted molar refractivity (Wildman–Crippen MR) is 136 cm³/mol. The number of carbonyl (C=O) groups is 1. The number of hydrogen-bond acceptors (Lipinski definition) is 7. The zero-order valence-corrected chi connectivity index (χ0v) is 21.1. The molecule has 0 unspecified atom stereocenters. The lowest BCUT2D eigenvalue weighted by molar-refractivity contribution is -0.139. The molecule has 0 saturated carbocycles. The summed E-state index contributed by atoms with van der Waals surface area (Å²) >= 11 is 1.67. The normalized spacial score (nSPS) is 13.9. The van der Waals surface area contributed by atoms with E-state index in [0.29, 0.717) is 13.2 Å². The Bertz CT molecular complexity index is 1080. The Balaban J connectivity index is 1.81. The molecule has 0 heterocycles. The fourth-order valence-electron chi connectivity index (χ4n) is 3.80. The second-order valence-corrected chi connectivity index (χ2v) is 8.69. The molecule has 35 heavy (non-hydrogen) atoms. The van der Waals surface area contributed by atoms with Gasteiger partial charge in [0.1, 0.15) is 6.61 Å². The molecule has 0 saturated heterocycles. The largest absolute Gasteiger partial charge is 0.488 e. The minimum Gasteiger partial charge on any atom is -0.488 e. The molecule has 0 atom stereocenters. The van der Waals surface area contributed by atoms with Crippen LogP contribution in [0.3, 0.4) is 0 Å². The van der Waals surface area contributed by atoms with Crippen LogP contribution in [0.2, 0.25) is 0 Å². The molecule has 1 aliphatic carbocycles. The van der Waals surface area contributed by atoms with Crippen molar-refractivity contribution in [2.24, 2.45) is 0 Å². The number of fused-ring (bicyclic) bond motifs is 1. The molecular weight excluding hydrogens is 471 g/mol. The third kappa shape index (κ3) is 7.18. The Morgan fingerprint density at radius 3 is 2.37 bits per heavy atom. The number of aliphatic hydroxyl groups excluding tert-OH is 1. The highest BCUT2D eigenvalue weighted by molar-refractivity contribution is 7.98. The van der Waals surface area contributed by atoms with Crippen LogP contribution in [0.15, 0.2) is 46.9 Å². The quantitative estimate of drug-likeness (QED) is 0.239. The lowest BCUT2D eigenvalue weighted by atomic mass is 10.00. The summed E-state index contributed by atoms with van der Waals surface area (Å²) in [7, 11) is 1.35. The van der Waals surface area contributed by atoms with Crippen molar-refractivity contribution in [1.29, 1.82) is 0 Å². The first-order valence-electron chi connectivity index (χ1n) is 11.3. The number of carbonyl (C=O) groups excluding carboxylic acids is 1. The standard InChI is InChI=1S/C27H31FO6S/c1-18-21(14-19-4-6-20(35-3)7-5-19)23-15-25(28)26(16-24(23)22(18)17-27(30)31-2)34-13-12-33-11-10-32-9-8-29/h4-7,14-16,29H,8-13,17H2,1-3H3. The van der Waals surface area contributed by atoms with Crippen molar-refractivity contribution in [3.8, 4) is 5.75 Å². The summed E-state index contributed by atoms with van der Waals surface area (Å²) < 4.78 is 36.1. The maximum Gasteiger partial charge on any atom is 0.310 e. The molecule has 1 aliphatic rings.